The van der Waals surface area contributed by atoms with Gasteiger partial charge < -0.3 is 5.32 Å². The summed E-state index contributed by atoms with van der Waals surface area (Å²) in [6.07, 6.45) is 5.24. The van der Waals surface area contributed by atoms with E-state index in [1.54, 1.807) is 4.68 Å². The SMILES string of the molecule is CCCC1(C(=O)Cc2c(Cl)c(CC)nn2C)CCCNC1. The maximum Gasteiger partial charge on any atom is 0.146 e. The highest BCUT2D eigenvalue weighted by Crippen LogP contribution is 2.35. The van der Waals surface area contributed by atoms with Crippen LogP contribution in [0, 0.1) is 5.41 Å². The largest absolute Gasteiger partial charge is 0.316 e. The van der Waals surface area contributed by atoms with Crippen molar-refractivity contribution in [1.82, 2.24) is 15.1 Å². The number of carbonyl (C=O) groups is 1. The first kappa shape index (κ1) is 16.5. The van der Waals surface area contributed by atoms with Gasteiger partial charge in [0.25, 0.3) is 0 Å². The fraction of sp³-hybridized carbons (Fsp3) is 0.750. The van der Waals surface area contributed by atoms with Gasteiger partial charge in [-0.3, -0.25) is 9.48 Å². The number of nitrogens with zero attached hydrogens (tertiary/aromatic N) is 2. The number of carbonyl (C=O) groups excluding carboxylic acids is 1. The molecule has 0 aliphatic carbocycles. The average molecular weight is 312 g/mol. The summed E-state index contributed by atoms with van der Waals surface area (Å²) in [5.41, 5.74) is 1.53. The number of aromatic nitrogens is 2. The molecule has 1 aliphatic rings. The lowest BCUT2D eigenvalue weighted by Gasteiger charge is -2.36. The van der Waals surface area contributed by atoms with E-state index in [2.05, 4.69) is 17.3 Å². The molecular weight excluding hydrogens is 286 g/mol. The van der Waals surface area contributed by atoms with Crippen molar-refractivity contribution in [3.8, 4) is 0 Å². The van der Waals surface area contributed by atoms with Crippen LogP contribution in [0.25, 0.3) is 0 Å². The highest BCUT2D eigenvalue weighted by Gasteiger charge is 2.38. The minimum atomic E-state index is -0.215. The molecule has 0 radical (unpaired) electrons. The van der Waals surface area contributed by atoms with E-state index in [1.165, 1.54) is 0 Å². The molecule has 1 N–H and O–H groups in total. The first-order chi connectivity index (χ1) is 10.0. The van der Waals surface area contributed by atoms with Crippen LogP contribution < -0.4 is 5.32 Å². The van der Waals surface area contributed by atoms with Gasteiger partial charge in [-0.2, -0.15) is 5.10 Å². The number of Topliss-reactive ketones (excluding diaryl/α,β-unsaturated/α-hetero) is 1. The van der Waals surface area contributed by atoms with E-state index in [0.29, 0.717) is 17.2 Å². The molecule has 1 aromatic heterocycles. The lowest BCUT2D eigenvalue weighted by molar-refractivity contribution is -0.129. The highest BCUT2D eigenvalue weighted by molar-refractivity contribution is 6.32. The first-order valence-electron chi connectivity index (χ1n) is 7.98. The van der Waals surface area contributed by atoms with E-state index >= 15 is 0 Å². The summed E-state index contributed by atoms with van der Waals surface area (Å²) in [6.45, 7) is 6.00. The number of piperidine rings is 1. The zero-order valence-corrected chi connectivity index (χ0v) is 14.1. The maximum absolute atomic E-state index is 12.9. The second kappa shape index (κ2) is 6.93. The van der Waals surface area contributed by atoms with Gasteiger partial charge in [-0.05, 0) is 32.2 Å². The van der Waals surface area contributed by atoms with Crippen molar-refractivity contribution in [1.29, 1.82) is 0 Å². The molecule has 1 aliphatic heterocycles. The molecule has 1 atom stereocenters. The minimum Gasteiger partial charge on any atom is -0.316 e. The Morgan fingerprint density at radius 1 is 1.48 bits per heavy atom. The molecule has 1 fully saturated rings. The van der Waals surface area contributed by atoms with Crippen LogP contribution >= 0.6 is 11.6 Å². The molecule has 0 spiro atoms. The Kier molecular flexibility index (Phi) is 5.44. The minimum absolute atomic E-state index is 0.215. The molecule has 0 bridgehead atoms. The van der Waals surface area contributed by atoms with Crippen LogP contribution in [-0.2, 0) is 24.7 Å². The Labute approximate surface area is 132 Å². The molecule has 2 rings (SSSR count). The van der Waals surface area contributed by atoms with Crippen LogP contribution in [0.3, 0.4) is 0 Å². The molecule has 118 valence electrons. The maximum atomic E-state index is 12.9. The van der Waals surface area contributed by atoms with Gasteiger partial charge >= 0.3 is 0 Å². The lowest BCUT2D eigenvalue weighted by atomic mass is 9.72. The molecule has 1 unspecified atom stereocenters. The van der Waals surface area contributed by atoms with Gasteiger partial charge in [0.05, 0.1) is 22.8 Å². The van der Waals surface area contributed by atoms with Crippen molar-refractivity contribution in [3.05, 3.63) is 16.4 Å². The Morgan fingerprint density at radius 3 is 2.76 bits per heavy atom. The van der Waals surface area contributed by atoms with E-state index in [4.69, 9.17) is 11.6 Å². The van der Waals surface area contributed by atoms with Crippen molar-refractivity contribution in [2.75, 3.05) is 13.1 Å². The van der Waals surface area contributed by atoms with Crippen LogP contribution in [0.4, 0.5) is 0 Å². The Hall–Kier alpha value is -0.870. The van der Waals surface area contributed by atoms with Gasteiger partial charge in [0.15, 0.2) is 0 Å². The number of halogens is 1. The van der Waals surface area contributed by atoms with Gasteiger partial charge in [-0.15, -0.1) is 0 Å². The Bertz CT molecular complexity index is 498. The van der Waals surface area contributed by atoms with E-state index < -0.39 is 0 Å². The molecule has 4 nitrogen and oxygen atoms in total. The van der Waals surface area contributed by atoms with Gasteiger partial charge in [-0.1, -0.05) is 31.9 Å². The fourth-order valence-corrected chi connectivity index (χ4v) is 3.75. The molecular formula is C16H26ClN3O. The van der Waals surface area contributed by atoms with Crippen molar-refractivity contribution in [3.63, 3.8) is 0 Å². The van der Waals surface area contributed by atoms with Crippen molar-refractivity contribution >= 4 is 17.4 Å². The molecule has 0 amide bonds. The third-order valence-electron chi connectivity index (χ3n) is 4.62. The highest BCUT2D eigenvalue weighted by atomic mass is 35.5. The fourth-order valence-electron chi connectivity index (χ4n) is 3.39. The number of nitrogens with one attached hydrogen (secondary N) is 1. The third-order valence-corrected chi connectivity index (χ3v) is 5.06. The first-order valence-corrected chi connectivity index (χ1v) is 8.36. The van der Waals surface area contributed by atoms with Crippen molar-refractivity contribution in [2.24, 2.45) is 12.5 Å². The molecule has 21 heavy (non-hydrogen) atoms. The summed E-state index contributed by atoms with van der Waals surface area (Å²) >= 11 is 6.38. The molecule has 0 aromatic carbocycles. The predicted octanol–water partition coefficient (Wildman–Crippen LogP) is 2.92. The number of aryl methyl sites for hydroxylation is 2. The van der Waals surface area contributed by atoms with E-state index in [-0.39, 0.29) is 5.41 Å². The van der Waals surface area contributed by atoms with Crippen LogP contribution in [0.2, 0.25) is 5.02 Å². The summed E-state index contributed by atoms with van der Waals surface area (Å²) in [4.78, 5) is 12.9. The monoisotopic (exact) mass is 311 g/mol. The molecule has 2 heterocycles. The van der Waals surface area contributed by atoms with Crippen LogP contribution in [-0.4, -0.2) is 28.7 Å². The number of rotatable bonds is 6. The summed E-state index contributed by atoms with van der Waals surface area (Å²) in [5.74, 6) is 0.309. The third kappa shape index (κ3) is 3.32. The molecule has 1 aromatic rings. The van der Waals surface area contributed by atoms with E-state index in [1.807, 2.05) is 14.0 Å². The topological polar surface area (TPSA) is 46.9 Å². The zero-order valence-electron chi connectivity index (χ0n) is 13.3. The molecule has 0 saturated carbocycles. The second-order valence-electron chi connectivity index (χ2n) is 6.10. The zero-order chi connectivity index (χ0) is 15.5. The molecule has 5 heteroatoms. The average Bonchev–Trinajstić information content (AvgIpc) is 2.76. The summed E-state index contributed by atoms with van der Waals surface area (Å²) < 4.78 is 1.77. The number of hydrogen-bond acceptors (Lipinski definition) is 3. The predicted molar refractivity (Wildman–Crippen MR) is 85.8 cm³/mol. The normalized spacial score (nSPS) is 22.5. The van der Waals surface area contributed by atoms with Crippen LogP contribution in [0.5, 0.6) is 0 Å². The smallest absolute Gasteiger partial charge is 0.146 e. The summed E-state index contributed by atoms with van der Waals surface area (Å²) in [5, 5.41) is 8.48. The van der Waals surface area contributed by atoms with Gasteiger partial charge in [0.1, 0.15) is 5.78 Å². The Balaban J connectivity index is 2.21. The Morgan fingerprint density at radius 2 is 2.24 bits per heavy atom. The standard InChI is InChI=1S/C16H26ClN3O/c1-4-7-16(8-6-9-18-11-16)14(21)10-13-15(17)12(5-2)19-20(13)3/h18H,4-11H2,1-3H3. The second-order valence-corrected chi connectivity index (χ2v) is 6.47. The van der Waals surface area contributed by atoms with Gasteiger partial charge in [0.2, 0.25) is 0 Å². The van der Waals surface area contributed by atoms with Gasteiger partial charge in [-0.25, -0.2) is 0 Å². The summed E-state index contributed by atoms with van der Waals surface area (Å²) in [6, 6.07) is 0. The van der Waals surface area contributed by atoms with E-state index in [0.717, 1.165) is 56.6 Å². The van der Waals surface area contributed by atoms with Crippen molar-refractivity contribution in [2.45, 2.75) is 52.4 Å². The van der Waals surface area contributed by atoms with Gasteiger partial charge in [0, 0.05) is 19.0 Å². The lowest BCUT2D eigenvalue weighted by Crippen LogP contribution is -2.46. The number of ketones is 1. The van der Waals surface area contributed by atoms with E-state index in [9.17, 15) is 4.79 Å². The summed E-state index contributed by atoms with van der Waals surface area (Å²) in [7, 11) is 1.87. The quantitative estimate of drug-likeness (QED) is 0.878. The van der Waals surface area contributed by atoms with Crippen LogP contribution in [0.1, 0.15) is 50.9 Å². The van der Waals surface area contributed by atoms with Crippen molar-refractivity contribution < 1.29 is 4.79 Å². The molecule has 1 saturated heterocycles. The van der Waals surface area contributed by atoms with Crippen LogP contribution in [0.15, 0.2) is 0 Å². The number of hydrogen-bond donors (Lipinski definition) is 1.